The second-order valence-electron chi connectivity index (χ2n) is 7.83. The number of hydrogen-bond acceptors (Lipinski definition) is 3. The maximum atomic E-state index is 5.53. The molecule has 0 aliphatic carbocycles. The average Bonchev–Trinajstić information content (AvgIpc) is 2.68. The molecular formula is C23H30N2O. The minimum absolute atomic E-state index is 0.610. The maximum Gasteiger partial charge on any atom is 0.0642 e. The van der Waals surface area contributed by atoms with E-state index < -0.39 is 0 Å². The van der Waals surface area contributed by atoms with Crippen LogP contribution in [0.15, 0.2) is 42.5 Å². The van der Waals surface area contributed by atoms with Crippen LogP contribution in [-0.2, 0) is 24.2 Å². The zero-order chi connectivity index (χ0) is 17.9. The third-order valence-electron chi connectivity index (χ3n) is 5.74. The summed E-state index contributed by atoms with van der Waals surface area (Å²) in [7, 11) is 0. The molecule has 0 atom stereocenters. The van der Waals surface area contributed by atoms with Crippen LogP contribution in [0, 0.1) is 0 Å². The van der Waals surface area contributed by atoms with E-state index in [4.69, 9.17) is 4.74 Å². The van der Waals surface area contributed by atoms with Gasteiger partial charge in [0.1, 0.15) is 0 Å². The summed E-state index contributed by atoms with van der Waals surface area (Å²) < 4.78 is 5.53. The molecule has 0 N–H and O–H groups in total. The lowest BCUT2D eigenvalue weighted by Gasteiger charge is -2.34. The summed E-state index contributed by atoms with van der Waals surface area (Å²) in [6.45, 7) is 11.5. The van der Waals surface area contributed by atoms with Crippen molar-refractivity contribution >= 4 is 5.69 Å². The molecule has 0 saturated carbocycles. The van der Waals surface area contributed by atoms with Crippen molar-refractivity contribution < 1.29 is 4.74 Å². The fourth-order valence-corrected chi connectivity index (χ4v) is 4.37. The van der Waals surface area contributed by atoms with Crippen molar-refractivity contribution in [2.24, 2.45) is 0 Å². The maximum absolute atomic E-state index is 5.53. The van der Waals surface area contributed by atoms with Crippen LogP contribution in [0.3, 0.4) is 0 Å². The summed E-state index contributed by atoms with van der Waals surface area (Å²) in [4.78, 5) is 5.08. The van der Waals surface area contributed by atoms with Gasteiger partial charge in [0.05, 0.1) is 13.2 Å². The highest BCUT2D eigenvalue weighted by Gasteiger charge is 2.21. The van der Waals surface area contributed by atoms with Gasteiger partial charge in [0.15, 0.2) is 0 Å². The molecule has 0 spiro atoms. The van der Waals surface area contributed by atoms with Gasteiger partial charge in [0.25, 0.3) is 0 Å². The molecule has 138 valence electrons. The van der Waals surface area contributed by atoms with E-state index in [1.165, 1.54) is 28.8 Å². The van der Waals surface area contributed by atoms with Crippen LogP contribution >= 0.6 is 0 Å². The quantitative estimate of drug-likeness (QED) is 0.822. The summed E-state index contributed by atoms with van der Waals surface area (Å²) in [5.41, 5.74) is 7.48. The first-order valence-corrected chi connectivity index (χ1v) is 9.96. The van der Waals surface area contributed by atoms with E-state index in [1.54, 1.807) is 5.56 Å². The number of rotatable bonds is 4. The predicted molar refractivity (Wildman–Crippen MR) is 108 cm³/mol. The number of nitrogens with zero attached hydrogens (tertiary/aromatic N) is 2. The van der Waals surface area contributed by atoms with Crippen molar-refractivity contribution in [3.05, 3.63) is 64.7 Å². The molecule has 0 amide bonds. The molecule has 2 heterocycles. The van der Waals surface area contributed by atoms with E-state index in [-0.39, 0.29) is 0 Å². The molecule has 0 bridgehead atoms. The third-order valence-corrected chi connectivity index (χ3v) is 5.74. The summed E-state index contributed by atoms with van der Waals surface area (Å²) in [5, 5.41) is 0. The Labute approximate surface area is 157 Å². The summed E-state index contributed by atoms with van der Waals surface area (Å²) in [5.74, 6) is 0.610. The number of hydrogen-bond donors (Lipinski definition) is 0. The van der Waals surface area contributed by atoms with Gasteiger partial charge in [-0.25, -0.2) is 0 Å². The van der Waals surface area contributed by atoms with Gasteiger partial charge in [0, 0.05) is 38.4 Å². The lowest BCUT2D eigenvalue weighted by Crippen LogP contribution is -2.37. The van der Waals surface area contributed by atoms with Gasteiger partial charge in [0.2, 0.25) is 0 Å². The van der Waals surface area contributed by atoms with Gasteiger partial charge >= 0.3 is 0 Å². The number of para-hydroxylation sites is 1. The Morgan fingerprint density at radius 3 is 2.58 bits per heavy atom. The van der Waals surface area contributed by atoms with E-state index in [0.29, 0.717) is 5.92 Å². The van der Waals surface area contributed by atoms with Crippen molar-refractivity contribution in [1.29, 1.82) is 0 Å². The molecule has 1 fully saturated rings. The largest absolute Gasteiger partial charge is 0.378 e. The highest BCUT2D eigenvalue weighted by atomic mass is 16.5. The lowest BCUT2D eigenvalue weighted by atomic mass is 9.89. The van der Waals surface area contributed by atoms with Crippen LogP contribution < -0.4 is 4.90 Å². The first-order valence-electron chi connectivity index (χ1n) is 9.96. The number of morpholine rings is 1. The number of fused-ring (bicyclic) bond motifs is 1. The normalized spacial score (nSPS) is 18.2. The zero-order valence-corrected chi connectivity index (χ0v) is 16.1. The average molecular weight is 351 g/mol. The molecular weight excluding hydrogens is 320 g/mol. The fourth-order valence-electron chi connectivity index (χ4n) is 4.37. The topological polar surface area (TPSA) is 15.7 Å². The van der Waals surface area contributed by atoms with Crippen LogP contribution in [0.5, 0.6) is 0 Å². The Hall–Kier alpha value is -1.84. The molecule has 0 aromatic heterocycles. The van der Waals surface area contributed by atoms with Crippen LogP contribution in [0.2, 0.25) is 0 Å². The molecule has 3 nitrogen and oxygen atoms in total. The van der Waals surface area contributed by atoms with E-state index in [1.807, 2.05) is 0 Å². The van der Waals surface area contributed by atoms with Gasteiger partial charge in [-0.15, -0.1) is 0 Å². The zero-order valence-electron chi connectivity index (χ0n) is 16.1. The van der Waals surface area contributed by atoms with Crippen LogP contribution in [-0.4, -0.2) is 37.7 Å². The minimum atomic E-state index is 0.610. The van der Waals surface area contributed by atoms with Crippen molar-refractivity contribution in [3.8, 4) is 0 Å². The van der Waals surface area contributed by atoms with Gasteiger partial charge < -0.3 is 9.64 Å². The Bertz CT molecular complexity index is 750. The molecule has 2 aromatic rings. The Morgan fingerprint density at radius 1 is 0.962 bits per heavy atom. The van der Waals surface area contributed by atoms with Gasteiger partial charge in [-0.2, -0.15) is 0 Å². The molecule has 4 rings (SSSR count). The van der Waals surface area contributed by atoms with E-state index in [2.05, 4.69) is 66.1 Å². The molecule has 26 heavy (non-hydrogen) atoms. The van der Waals surface area contributed by atoms with Crippen molar-refractivity contribution in [1.82, 2.24) is 4.90 Å². The molecule has 2 aliphatic rings. The standard InChI is InChI=1S/C23H30N2O/c1-18(2)21-8-5-7-19-16-24(11-10-22(19)21)17-20-6-3-4-9-23(20)25-12-14-26-15-13-25/h3-9,18H,10-17H2,1-2H3. The molecule has 0 radical (unpaired) electrons. The molecule has 1 saturated heterocycles. The molecule has 2 aromatic carbocycles. The Kier molecular flexibility index (Phi) is 5.28. The van der Waals surface area contributed by atoms with Crippen LogP contribution in [0.1, 0.15) is 42.0 Å². The Balaban J connectivity index is 1.52. The molecule has 3 heteroatoms. The second-order valence-corrected chi connectivity index (χ2v) is 7.83. The van der Waals surface area contributed by atoms with Crippen molar-refractivity contribution in [2.45, 2.75) is 39.3 Å². The van der Waals surface area contributed by atoms with E-state index >= 15 is 0 Å². The number of benzene rings is 2. The van der Waals surface area contributed by atoms with Crippen molar-refractivity contribution in [3.63, 3.8) is 0 Å². The Morgan fingerprint density at radius 2 is 1.77 bits per heavy atom. The molecule has 0 unspecified atom stereocenters. The SMILES string of the molecule is CC(C)c1cccc2c1CCN(Cc1ccccc1N1CCOCC1)C2. The first-order chi connectivity index (χ1) is 12.7. The van der Waals surface area contributed by atoms with Crippen molar-refractivity contribution in [2.75, 3.05) is 37.7 Å². The summed E-state index contributed by atoms with van der Waals surface area (Å²) in [6.07, 6.45) is 1.17. The fraction of sp³-hybridized carbons (Fsp3) is 0.478. The summed E-state index contributed by atoms with van der Waals surface area (Å²) >= 11 is 0. The van der Waals surface area contributed by atoms with Gasteiger partial charge in [-0.3, -0.25) is 4.90 Å². The highest BCUT2D eigenvalue weighted by molar-refractivity contribution is 5.54. The smallest absolute Gasteiger partial charge is 0.0642 e. The van der Waals surface area contributed by atoms with Gasteiger partial charge in [-0.05, 0) is 40.7 Å². The lowest BCUT2D eigenvalue weighted by molar-refractivity contribution is 0.122. The summed E-state index contributed by atoms with van der Waals surface area (Å²) in [6, 6.07) is 15.8. The number of anilines is 1. The minimum Gasteiger partial charge on any atom is -0.378 e. The predicted octanol–water partition coefficient (Wildman–Crippen LogP) is 4.20. The van der Waals surface area contributed by atoms with E-state index in [0.717, 1.165) is 45.9 Å². The highest BCUT2D eigenvalue weighted by Crippen LogP contribution is 2.30. The molecule has 2 aliphatic heterocycles. The van der Waals surface area contributed by atoms with Gasteiger partial charge in [-0.1, -0.05) is 50.2 Å². The second kappa shape index (κ2) is 7.81. The number of ether oxygens (including phenoxy) is 1. The van der Waals surface area contributed by atoms with Crippen LogP contribution in [0.4, 0.5) is 5.69 Å². The van der Waals surface area contributed by atoms with Crippen LogP contribution in [0.25, 0.3) is 0 Å². The third kappa shape index (κ3) is 3.65. The monoisotopic (exact) mass is 350 g/mol. The first kappa shape index (κ1) is 17.6. The van der Waals surface area contributed by atoms with E-state index in [9.17, 15) is 0 Å².